The van der Waals surface area contributed by atoms with Crippen molar-refractivity contribution in [3.63, 3.8) is 0 Å². The van der Waals surface area contributed by atoms with Crippen LogP contribution in [0.15, 0.2) is 18.2 Å². The zero-order valence-corrected chi connectivity index (χ0v) is 13.3. The SMILES string of the molecule is CC[C@H](C)[C@H](NC(=O)Nc1cccc(C)c1C)C(=O)OC. The van der Waals surface area contributed by atoms with Crippen LogP contribution in [0.5, 0.6) is 0 Å². The lowest BCUT2D eigenvalue weighted by Crippen LogP contribution is -2.47. The summed E-state index contributed by atoms with van der Waals surface area (Å²) in [6, 6.07) is 4.64. The monoisotopic (exact) mass is 292 g/mol. The van der Waals surface area contributed by atoms with Gasteiger partial charge in [0.25, 0.3) is 0 Å². The predicted octanol–water partition coefficient (Wildman–Crippen LogP) is 3.01. The first-order chi connectivity index (χ1) is 9.90. The first kappa shape index (κ1) is 17.0. The quantitative estimate of drug-likeness (QED) is 0.820. The van der Waals surface area contributed by atoms with E-state index in [1.165, 1.54) is 7.11 Å². The van der Waals surface area contributed by atoms with Crippen LogP contribution in [0, 0.1) is 19.8 Å². The third-order valence-electron chi connectivity index (χ3n) is 3.81. The van der Waals surface area contributed by atoms with Gasteiger partial charge >= 0.3 is 12.0 Å². The Morgan fingerprint density at radius 3 is 2.52 bits per heavy atom. The molecule has 0 aliphatic carbocycles. The Kier molecular flexibility index (Phi) is 6.21. The number of carbonyl (C=O) groups excluding carboxylic acids is 2. The van der Waals surface area contributed by atoms with Gasteiger partial charge in [-0.05, 0) is 37.0 Å². The van der Waals surface area contributed by atoms with Crippen molar-refractivity contribution in [1.29, 1.82) is 0 Å². The topological polar surface area (TPSA) is 67.4 Å². The smallest absolute Gasteiger partial charge is 0.328 e. The minimum atomic E-state index is -0.648. The van der Waals surface area contributed by atoms with Gasteiger partial charge in [-0.25, -0.2) is 9.59 Å². The lowest BCUT2D eigenvalue weighted by Gasteiger charge is -2.22. The van der Waals surface area contributed by atoms with Crippen molar-refractivity contribution >= 4 is 17.7 Å². The summed E-state index contributed by atoms with van der Waals surface area (Å²) >= 11 is 0. The van der Waals surface area contributed by atoms with E-state index in [2.05, 4.69) is 10.6 Å². The van der Waals surface area contributed by atoms with E-state index in [9.17, 15) is 9.59 Å². The van der Waals surface area contributed by atoms with Gasteiger partial charge in [-0.15, -0.1) is 0 Å². The van der Waals surface area contributed by atoms with E-state index in [0.717, 1.165) is 23.2 Å². The molecule has 1 rings (SSSR count). The molecule has 0 saturated carbocycles. The van der Waals surface area contributed by atoms with Crippen molar-refractivity contribution in [2.24, 2.45) is 5.92 Å². The number of hydrogen-bond acceptors (Lipinski definition) is 3. The van der Waals surface area contributed by atoms with Gasteiger partial charge < -0.3 is 15.4 Å². The molecule has 2 amide bonds. The summed E-state index contributed by atoms with van der Waals surface area (Å²) in [7, 11) is 1.32. The van der Waals surface area contributed by atoms with Crippen LogP contribution in [0.1, 0.15) is 31.4 Å². The van der Waals surface area contributed by atoms with Gasteiger partial charge in [0, 0.05) is 5.69 Å². The van der Waals surface area contributed by atoms with E-state index in [4.69, 9.17) is 4.74 Å². The third kappa shape index (κ3) is 4.48. The van der Waals surface area contributed by atoms with Crippen molar-refractivity contribution in [3.05, 3.63) is 29.3 Å². The summed E-state index contributed by atoms with van der Waals surface area (Å²) < 4.78 is 4.75. The number of methoxy groups -OCH3 is 1. The largest absolute Gasteiger partial charge is 0.467 e. The number of anilines is 1. The molecule has 0 saturated heterocycles. The van der Waals surface area contributed by atoms with E-state index >= 15 is 0 Å². The number of rotatable bonds is 5. The molecule has 0 heterocycles. The molecule has 2 N–H and O–H groups in total. The lowest BCUT2D eigenvalue weighted by atomic mass is 9.99. The number of aryl methyl sites for hydroxylation is 1. The number of nitrogens with one attached hydrogen (secondary N) is 2. The number of carbonyl (C=O) groups is 2. The summed E-state index contributed by atoms with van der Waals surface area (Å²) in [4.78, 5) is 23.9. The summed E-state index contributed by atoms with van der Waals surface area (Å²) in [6.07, 6.45) is 0.767. The summed E-state index contributed by atoms with van der Waals surface area (Å²) in [5.41, 5.74) is 2.84. The average molecular weight is 292 g/mol. The molecule has 0 bridgehead atoms. The summed E-state index contributed by atoms with van der Waals surface area (Å²) in [5.74, 6) is -0.428. The van der Waals surface area contributed by atoms with Crippen LogP contribution in [-0.2, 0) is 9.53 Å². The molecular weight excluding hydrogens is 268 g/mol. The molecule has 5 heteroatoms. The lowest BCUT2D eigenvalue weighted by molar-refractivity contribution is -0.144. The van der Waals surface area contributed by atoms with Crippen molar-refractivity contribution < 1.29 is 14.3 Å². The van der Waals surface area contributed by atoms with E-state index < -0.39 is 18.0 Å². The first-order valence-electron chi connectivity index (χ1n) is 7.12. The minimum absolute atomic E-state index is 0.00167. The molecule has 0 unspecified atom stereocenters. The highest BCUT2D eigenvalue weighted by atomic mass is 16.5. The number of benzene rings is 1. The molecule has 0 radical (unpaired) electrons. The predicted molar refractivity (Wildman–Crippen MR) is 83.3 cm³/mol. The summed E-state index contributed by atoms with van der Waals surface area (Å²) in [5, 5.41) is 5.47. The highest BCUT2D eigenvalue weighted by Crippen LogP contribution is 2.18. The molecule has 1 aromatic carbocycles. The number of hydrogen-bond donors (Lipinski definition) is 2. The number of urea groups is 1. The van der Waals surface area contributed by atoms with Gasteiger partial charge in [0.05, 0.1) is 7.11 Å². The Labute approximate surface area is 126 Å². The molecule has 21 heavy (non-hydrogen) atoms. The van der Waals surface area contributed by atoms with Crippen molar-refractivity contribution in [2.45, 2.75) is 40.2 Å². The minimum Gasteiger partial charge on any atom is -0.467 e. The van der Waals surface area contributed by atoms with E-state index in [-0.39, 0.29) is 5.92 Å². The maximum Gasteiger partial charge on any atom is 0.328 e. The molecule has 5 nitrogen and oxygen atoms in total. The molecule has 116 valence electrons. The Morgan fingerprint density at radius 1 is 1.29 bits per heavy atom. The van der Waals surface area contributed by atoms with Crippen molar-refractivity contribution in [3.8, 4) is 0 Å². The van der Waals surface area contributed by atoms with E-state index in [0.29, 0.717) is 0 Å². The maximum absolute atomic E-state index is 12.1. The van der Waals surface area contributed by atoms with E-state index in [1.807, 2.05) is 45.9 Å². The molecule has 2 atom stereocenters. The molecule has 0 aromatic heterocycles. The second-order valence-corrected chi connectivity index (χ2v) is 5.23. The fourth-order valence-electron chi connectivity index (χ4n) is 1.98. The van der Waals surface area contributed by atoms with Gasteiger partial charge in [0.1, 0.15) is 6.04 Å². The molecule has 1 aromatic rings. The first-order valence-corrected chi connectivity index (χ1v) is 7.12. The Hall–Kier alpha value is -2.04. The standard InChI is InChI=1S/C16H24N2O3/c1-6-10(2)14(15(19)21-5)18-16(20)17-13-9-7-8-11(3)12(13)4/h7-10,14H,6H2,1-5H3,(H2,17,18,20)/t10-,14-/m0/s1. The van der Waals surface area contributed by atoms with Crippen LogP contribution in [0.25, 0.3) is 0 Å². The Morgan fingerprint density at radius 2 is 1.95 bits per heavy atom. The third-order valence-corrected chi connectivity index (χ3v) is 3.81. The zero-order valence-electron chi connectivity index (χ0n) is 13.3. The van der Waals surface area contributed by atoms with Crippen LogP contribution < -0.4 is 10.6 Å². The average Bonchev–Trinajstić information content (AvgIpc) is 2.48. The molecule has 0 spiro atoms. The molecule has 0 aliphatic heterocycles. The number of ether oxygens (including phenoxy) is 1. The highest BCUT2D eigenvalue weighted by Gasteiger charge is 2.26. The van der Waals surface area contributed by atoms with Crippen molar-refractivity contribution in [2.75, 3.05) is 12.4 Å². The Bertz CT molecular complexity index is 514. The second kappa shape index (κ2) is 7.67. The van der Waals surface area contributed by atoms with Crippen LogP contribution in [0.3, 0.4) is 0 Å². The maximum atomic E-state index is 12.1. The van der Waals surface area contributed by atoms with Crippen LogP contribution in [0.2, 0.25) is 0 Å². The van der Waals surface area contributed by atoms with Crippen LogP contribution in [-0.4, -0.2) is 25.2 Å². The van der Waals surface area contributed by atoms with Crippen molar-refractivity contribution in [1.82, 2.24) is 5.32 Å². The normalized spacial score (nSPS) is 13.2. The van der Waals surface area contributed by atoms with Crippen LogP contribution >= 0.6 is 0 Å². The highest BCUT2D eigenvalue weighted by molar-refractivity contribution is 5.93. The van der Waals surface area contributed by atoms with Gasteiger partial charge in [-0.1, -0.05) is 32.4 Å². The molecule has 0 fully saturated rings. The van der Waals surface area contributed by atoms with Gasteiger partial charge in [0.15, 0.2) is 0 Å². The van der Waals surface area contributed by atoms with Gasteiger partial charge in [0.2, 0.25) is 0 Å². The fourth-order valence-corrected chi connectivity index (χ4v) is 1.98. The van der Waals surface area contributed by atoms with Gasteiger partial charge in [-0.3, -0.25) is 0 Å². The molecular formula is C16H24N2O3. The number of esters is 1. The van der Waals surface area contributed by atoms with E-state index in [1.54, 1.807) is 0 Å². The summed E-state index contributed by atoms with van der Waals surface area (Å²) in [6.45, 7) is 7.79. The zero-order chi connectivity index (χ0) is 16.0. The fraction of sp³-hybridized carbons (Fsp3) is 0.500. The number of amides is 2. The van der Waals surface area contributed by atoms with Gasteiger partial charge in [-0.2, -0.15) is 0 Å². The molecule has 0 aliphatic rings. The second-order valence-electron chi connectivity index (χ2n) is 5.23. The van der Waals surface area contributed by atoms with Crippen LogP contribution in [0.4, 0.5) is 10.5 Å². The Balaban J connectivity index is 2.78.